The van der Waals surface area contributed by atoms with Gasteiger partial charge in [-0.15, -0.1) is 0 Å². The van der Waals surface area contributed by atoms with Crippen LogP contribution in [-0.2, 0) is 42.7 Å². The van der Waals surface area contributed by atoms with Crippen LogP contribution in [-0.4, -0.2) is 170 Å². The molecule has 0 radical (unpaired) electrons. The molecule has 17 heteroatoms. The Bertz CT molecular complexity index is 1810. The highest BCUT2D eigenvalue weighted by atomic mass is 16.8. The molecular weight excluding hydrogens is 861 g/mol. The Hall–Kier alpha value is -1.13. The van der Waals surface area contributed by atoms with Crippen molar-refractivity contribution in [2.75, 3.05) is 19.8 Å². The summed E-state index contributed by atoms with van der Waals surface area (Å²) in [6, 6.07) is 0. The summed E-state index contributed by atoms with van der Waals surface area (Å²) in [5.41, 5.74) is -3.27. The van der Waals surface area contributed by atoms with Gasteiger partial charge >= 0.3 is 5.97 Å². The zero-order chi connectivity index (χ0) is 48.1. The molecule has 9 fully saturated rings. The van der Waals surface area contributed by atoms with Crippen LogP contribution >= 0.6 is 0 Å². The molecule has 66 heavy (non-hydrogen) atoms. The maximum absolute atomic E-state index is 12.5. The molecule has 0 aromatic carbocycles. The van der Waals surface area contributed by atoms with Crippen LogP contribution < -0.4 is 0 Å². The number of aliphatic hydroxyl groups excluding tert-OH is 7. The van der Waals surface area contributed by atoms with Gasteiger partial charge in [-0.2, -0.15) is 0 Å². The number of carbonyl (C=O) groups excluding carboxylic acids is 1. The Labute approximate surface area is 389 Å². The molecule has 2 spiro atoms. The summed E-state index contributed by atoms with van der Waals surface area (Å²) in [4.78, 5) is 12.5. The van der Waals surface area contributed by atoms with Crippen LogP contribution in [0.2, 0.25) is 0 Å². The van der Waals surface area contributed by atoms with Crippen LogP contribution in [0.5, 0.6) is 0 Å². The van der Waals surface area contributed by atoms with E-state index in [0.29, 0.717) is 32.3 Å². The monoisotopic (exact) mass is 941 g/mol. The van der Waals surface area contributed by atoms with Gasteiger partial charge in [-0.3, -0.25) is 4.79 Å². The van der Waals surface area contributed by atoms with Crippen molar-refractivity contribution >= 4 is 5.97 Å². The lowest BCUT2D eigenvalue weighted by atomic mass is 9.41. The van der Waals surface area contributed by atoms with Gasteiger partial charge in [-0.25, -0.2) is 0 Å². The molecule has 378 valence electrons. The third-order valence-corrected chi connectivity index (χ3v) is 20.2. The van der Waals surface area contributed by atoms with Crippen molar-refractivity contribution in [2.24, 2.45) is 56.7 Å². The SMILES string of the molecule is CC(=O)O[C@@H]1[C@@H](O[C@@H]2O[C@@H](C)[C@H](C)[C@@H](O)[C@H]2O)[C@H](O[C@H]2CC[C@]34C[C@]35CC[C@]3(C)[C@@H]([C@@]6(C)C[C@H](C(C)(C)O)CO6)[C@@H](O)C[C@@]3(C)[C@@H]5C[C@H](O[C@@H]3OC[C@@H](O)[C@H](O)[C@H]3O)[C@H]4C2(C)C)OC[C@H]1O. The standard InChI is InChI=1S/C49H80O17/c1-22-23(2)62-41(34(56)32(22)54)66-37-36(63-24(3)50)28(53)20-60-42(37)65-31-11-12-49-21-48(49)14-13-45(8)38(47(10)16-25(18-61-47)44(6,7)58)26(51)17-46(45,9)30(48)15-29(39(49)43(31,4)5)64-40-35(57)33(55)27(52)19-59-40/h22-23,25-42,51-58H,11-21H2,1-10H3/t22-,23-,25-,26-,27+,28+,29-,30-,31-,32+,33-,34+,35+,36-,37+,38-,39-,40-,41-,42-,45+,46-,47+,48-,49+/m0/s1. The zero-order valence-corrected chi connectivity index (χ0v) is 40.6. The molecule has 17 nitrogen and oxygen atoms in total. The normalized spacial score (nSPS) is 56.7. The Kier molecular flexibility index (Phi) is 12.6. The molecule has 9 rings (SSSR count). The van der Waals surface area contributed by atoms with Crippen molar-refractivity contribution in [3.8, 4) is 0 Å². The van der Waals surface area contributed by atoms with E-state index >= 15 is 0 Å². The number of esters is 1. The first-order chi connectivity index (χ1) is 30.7. The minimum absolute atomic E-state index is 0.0681. The fraction of sp³-hybridized carbons (Fsp3) is 0.980. The quantitative estimate of drug-likeness (QED) is 0.121. The van der Waals surface area contributed by atoms with Gasteiger partial charge in [0.05, 0.1) is 61.5 Å². The maximum atomic E-state index is 12.5. The van der Waals surface area contributed by atoms with Gasteiger partial charge in [0.1, 0.15) is 30.5 Å². The summed E-state index contributed by atoms with van der Waals surface area (Å²) in [5.74, 6) is -1.40. The van der Waals surface area contributed by atoms with Crippen LogP contribution in [0.4, 0.5) is 0 Å². The minimum atomic E-state index is -1.51. The van der Waals surface area contributed by atoms with Gasteiger partial charge in [0.2, 0.25) is 0 Å². The summed E-state index contributed by atoms with van der Waals surface area (Å²) < 4.78 is 50.9. The summed E-state index contributed by atoms with van der Waals surface area (Å²) in [7, 11) is 0. The highest BCUT2D eigenvalue weighted by Crippen LogP contribution is 2.89. The predicted molar refractivity (Wildman–Crippen MR) is 232 cm³/mol. The van der Waals surface area contributed by atoms with Crippen LogP contribution in [0.1, 0.15) is 121 Å². The Morgan fingerprint density at radius 1 is 0.682 bits per heavy atom. The van der Waals surface area contributed by atoms with Crippen molar-refractivity contribution in [1.82, 2.24) is 0 Å². The third-order valence-electron chi connectivity index (χ3n) is 20.2. The van der Waals surface area contributed by atoms with E-state index in [1.807, 2.05) is 13.8 Å². The first-order valence-electron chi connectivity index (χ1n) is 24.8. The fourth-order valence-corrected chi connectivity index (χ4v) is 16.5. The molecule has 0 amide bonds. The molecule has 0 aromatic heterocycles. The van der Waals surface area contributed by atoms with E-state index in [9.17, 15) is 45.6 Å². The van der Waals surface area contributed by atoms with Gasteiger partial charge in [0.25, 0.3) is 0 Å². The molecule has 5 aliphatic carbocycles. The van der Waals surface area contributed by atoms with Gasteiger partial charge in [0.15, 0.2) is 31.1 Å². The second-order valence-electron chi connectivity index (χ2n) is 24.4. The Balaban J connectivity index is 1.04. The minimum Gasteiger partial charge on any atom is -0.457 e. The van der Waals surface area contributed by atoms with Gasteiger partial charge in [-0.05, 0) is 118 Å². The number of hydrogen-bond acceptors (Lipinski definition) is 17. The highest BCUT2D eigenvalue weighted by molar-refractivity contribution is 5.66. The average Bonchev–Trinajstić information content (AvgIpc) is 3.59. The topological polar surface area (TPSA) is 253 Å². The smallest absolute Gasteiger partial charge is 0.303 e. The van der Waals surface area contributed by atoms with E-state index in [-0.39, 0.29) is 58.5 Å². The molecule has 0 aromatic rings. The van der Waals surface area contributed by atoms with E-state index in [2.05, 4.69) is 34.6 Å². The second kappa shape index (κ2) is 16.7. The number of fused-ring (bicyclic) bond motifs is 2. The summed E-state index contributed by atoms with van der Waals surface area (Å²) in [6.45, 7) is 19.5. The van der Waals surface area contributed by atoms with Crippen molar-refractivity contribution in [2.45, 2.75) is 224 Å². The third kappa shape index (κ3) is 7.44. The van der Waals surface area contributed by atoms with Crippen molar-refractivity contribution in [1.29, 1.82) is 0 Å². The molecule has 8 N–H and O–H groups in total. The van der Waals surface area contributed by atoms with E-state index in [0.717, 1.165) is 25.7 Å². The lowest BCUT2D eigenvalue weighted by Crippen LogP contribution is -2.65. The number of rotatable bonds is 9. The molecule has 0 unspecified atom stereocenters. The largest absolute Gasteiger partial charge is 0.457 e. The molecule has 9 aliphatic rings. The Morgan fingerprint density at radius 3 is 2.02 bits per heavy atom. The maximum Gasteiger partial charge on any atom is 0.303 e. The number of ether oxygens (including phenoxy) is 8. The predicted octanol–water partition coefficient (Wildman–Crippen LogP) is 1.92. The van der Waals surface area contributed by atoms with Crippen LogP contribution in [0.25, 0.3) is 0 Å². The number of hydrogen-bond donors (Lipinski definition) is 8. The first kappa shape index (κ1) is 49.8. The lowest BCUT2D eigenvalue weighted by molar-refractivity contribution is -0.363. The average molecular weight is 941 g/mol. The van der Waals surface area contributed by atoms with Gasteiger partial charge in [0, 0.05) is 24.7 Å². The summed E-state index contributed by atoms with van der Waals surface area (Å²) in [6.07, 6.45) is -10.8. The fourth-order valence-electron chi connectivity index (χ4n) is 16.5. The van der Waals surface area contributed by atoms with Crippen LogP contribution in [0.15, 0.2) is 0 Å². The molecule has 5 saturated carbocycles. The van der Waals surface area contributed by atoms with E-state index < -0.39 is 121 Å². The second-order valence-corrected chi connectivity index (χ2v) is 24.4. The molecule has 25 atom stereocenters. The number of carbonyl (C=O) groups is 1. The van der Waals surface area contributed by atoms with Crippen LogP contribution in [0, 0.1) is 56.7 Å². The van der Waals surface area contributed by atoms with Crippen LogP contribution in [0.3, 0.4) is 0 Å². The molecule has 4 saturated heterocycles. The zero-order valence-electron chi connectivity index (χ0n) is 40.6. The molecule has 4 aliphatic heterocycles. The van der Waals surface area contributed by atoms with Gasteiger partial charge < -0.3 is 78.7 Å². The Morgan fingerprint density at radius 2 is 1.35 bits per heavy atom. The molecule has 0 bridgehead atoms. The summed E-state index contributed by atoms with van der Waals surface area (Å²) in [5, 5.41) is 89.2. The first-order valence-corrected chi connectivity index (χ1v) is 24.8. The van der Waals surface area contributed by atoms with E-state index in [4.69, 9.17) is 37.9 Å². The lowest BCUT2D eigenvalue weighted by Gasteiger charge is -2.65. The van der Waals surface area contributed by atoms with Crippen molar-refractivity contribution in [3.63, 3.8) is 0 Å². The summed E-state index contributed by atoms with van der Waals surface area (Å²) >= 11 is 0. The number of aliphatic hydroxyl groups is 8. The van der Waals surface area contributed by atoms with E-state index in [1.165, 1.54) is 6.92 Å². The van der Waals surface area contributed by atoms with Crippen molar-refractivity contribution < 1.29 is 83.5 Å². The van der Waals surface area contributed by atoms with Gasteiger partial charge in [-0.1, -0.05) is 34.6 Å². The molecule has 4 heterocycles. The highest BCUT2D eigenvalue weighted by Gasteiger charge is 2.85. The van der Waals surface area contributed by atoms with E-state index in [1.54, 1.807) is 13.8 Å². The van der Waals surface area contributed by atoms with Crippen molar-refractivity contribution in [3.05, 3.63) is 0 Å². The molecular formula is C49H80O17.